The van der Waals surface area contributed by atoms with Gasteiger partial charge in [0.25, 0.3) is 5.01 Å². The first-order valence-corrected chi connectivity index (χ1v) is 13.6. The molecular formula is C28H29N2O2S2+. The van der Waals surface area contributed by atoms with E-state index in [0.717, 1.165) is 48.8 Å². The molecule has 4 nitrogen and oxygen atoms in total. The maximum atomic E-state index is 13.1. The summed E-state index contributed by atoms with van der Waals surface area (Å²) in [5.41, 5.74) is 3.17. The van der Waals surface area contributed by atoms with E-state index in [1.54, 1.807) is 23.1 Å². The van der Waals surface area contributed by atoms with Crippen LogP contribution >= 0.6 is 23.1 Å². The average molecular weight is 490 g/mol. The lowest BCUT2D eigenvalue weighted by atomic mass is 9.88. The number of anilines is 1. The molecule has 34 heavy (non-hydrogen) atoms. The predicted molar refractivity (Wildman–Crippen MR) is 142 cm³/mol. The number of thiazole rings is 1. The lowest BCUT2D eigenvalue weighted by Gasteiger charge is -2.23. The second-order valence-corrected chi connectivity index (χ2v) is 10.7. The Labute approximate surface area is 208 Å². The van der Waals surface area contributed by atoms with Crippen molar-refractivity contribution in [1.29, 1.82) is 0 Å². The molecule has 0 spiro atoms. The van der Waals surface area contributed by atoms with Crippen molar-refractivity contribution in [3.05, 3.63) is 81.5 Å². The Kier molecular flexibility index (Phi) is 6.61. The highest BCUT2D eigenvalue weighted by Crippen LogP contribution is 2.47. The van der Waals surface area contributed by atoms with Crippen LogP contribution in [0.4, 0.5) is 5.69 Å². The second kappa shape index (κ2) is 9.80. The van der Waals surface area contributed by atoms with E-state index in [2.05, 4.69) is 47.6 Å². The lowest BCUT2D eigenvalue weighted by Crippen LogP contribution is -2.35. The van der Waals surface area contributed by atoms with E-state index in [0.29, 0.717) is 11.1 Å². The molecule has 2 aromatic carbocycles. The lowest BCUT2D eigenvalue weighted by molar-refractivity contribution is -0.669. The van der Waals surface area contributed by atoms with Gasteiger partial charge in [0.2, 0.25) is 11.3 Å². The van der Waals surface area contributed by atoms with Gasteiger partial charge in [0.15, 0.2) is 6.54 Å². The monoisotopic (exact) mass is 489 g/mol. The van der Waals surface area contributed by atoms with E-state index in [9.17, 15) is 9.90 Å². The summed E-state index contributed by atoms with van der Waals surface area (Å²) in [4.78, 5) is 16.6. The van der Waals surface area contributed by atoms with E-state index in [4.69, 9.17) is 0 Å². The van der Waals surface area contributed by atoms with Gasteiger partial charge in [0, 0.05) is 30.0 Å². The molecule has 0 saturated carbocycles. The predicted octanol–water partition coefficient (Wildman–Crippen LogP) is 7.02. The van der Waals surface area contributed by atoms with Crippen LogP contribution in [0.5, 0.6) is 0 Å². The van der Waals surface area contributed by atoms with Crippen molar-refractivity contribution in [2.45, 2.75) is 51.0 Å². The summed E-state index contributed by atoms with van der Waals surface area (Å²) in [5.74, 6) is 0.0143. The minimum absolute atomic E-state index is 0.0866. The number of aromatic nitrogens is 1. The third-order valence-corrected chi connectivity index (χ3v) is 8.50. The van der Waals surface area contributed by atoms with Crippen LogP contribution in [-0.4, -0.2) is 17.4 Å². The number of hydrogen-bond donors (Lipinski definition) is 1. The fourth-order valence-corrected chi connectivity index (χ4v) is 6.63. The molecule has 0 atom stereocenters. The topological polar surface area (TPSA) is 44.4 Å². The zero-order valence-corrected chi connectivity index (χ0v) is 21.2. The number of carbonyl (C=O) groups is 1. The van der Waals surface area contributed by atoms with Crippen molar-refractivity contribution in [2.24, 2.45) is 0 Å². The number of carbonyl (C=O) groups excluding carboxylic acids is 1. The van der Waals surface area contributed by atoms with E-state index >= 15 is 0 Å². The van der Waals surface area contributed by atoms with Gasteiger partial charge in [-0.2, -0.15) is 4.57 Å². The first-order valence-electron chi connectivity index (χ1n) is 12.0. The van der Waals surface area contributed by atoms with E-state index in [-0.39, 0.29) is 11.5 Å². The molecule has 1 N–H and O–H groups in total. The van der Waals surface area contributed by atoms with E-state index in [1.807, 2.05) is 36.4 Å². The highest BCUT2D eigenvalue weighted by molar-refractivity contribution is 8.03. The maximum Gasteiger partial charge on any atom is 0.263 e. The Morgan fingerprint density at radius 1 is 1.00 bits per heavy atom. The molecular weight excluding hydrogens is 460 g/mol. The van der Waals surface area contributed by atoms with Gasteiger partial charge in [-0.05, 0) is 30.7 Å². The average Bonchev–Trinajstić information content (AvgIpc) is 3.40. The van der Waals surface area contributed by atoms with Gasteiger partial charge in [0.1, 0.15) is 10.5 Å². The molecule has 0 fully saturated rings. The summed E-state index contributed by atoms with van der Waals surface area (Å²) in [6.07, 6.45) is 8.07. The van der Waals surface area contributed by atoms with E-state index in [1.165, 1.54) is 20.8 Å². The number of para-hydroxylation sites is 2. The number of nitrogens with zero attached hydrogens (tertiary/aromatic N) is 2. The van der Waals surface area contributed by atoms with Crippen molar-refractivity contribution in [3.8, 4) is 0 Å². The summed E-state index contributed by atoms with van der Waals surface area (Å²) in [6, 6.07) is 16.6. The molecule has 0 saturated heterocycles. The smallest absolute Gasteiger partial charge is 0.263 e. The van der Waals surface area contributed by atoms with Gasteiger partial charge >= 0.3 is 0 Å². The van der Waals surface area contributed by atoms with E-state index < -0.39 is 0 Å². The number of aryl methyl sites for hydroxylation is 1. The molecule has 0 unspecified atom stereocenters. The SMILES string of the molecule is CCCCN1C(=CC2=C(O)C(=Cc3sc4ccccc4[n+]3CCCC)C2=O)Sc2ccccc21. The van der Waals surface area contributed by atoms with Crippen LogP contribution < -0.4 is 9.47 Å². The number of aliphatic hydroxyl groups excluding tert-OH is 1. The Morgan fingerprint density at radius 2 is 1.76 bits per heavy atom. The number of unbranched alkanes of at least 4 members (excludes halogenated alkanes) is 2. The van der Waals surface area contributed by atoms with Gasteiger partial charge in [0.05, 0.1) is 21.9 Å². The van der Waals surface area contributed by atoms with Crippen LogP contribution in [0.3, 0.4) is 0 Å². The summed E-state index contributed by atoms with van der Waals surface area (Å²) in [5, 5.41) is 12.9. The molecule has 0 radical (unpaired) electrons. The summed E-state index contributed by atoms with van der Waals surface area (Å²) < 4.78 is 3.46. The Bertz CT molecular complexity index is 1350. The molecule has 1 aromatic heterocycles. The standard InChI is InChI=1S/C28H28N2O2S2/c1-3-5-15-29-21-11-7-9-13-23(21)33-25(29)17-19-27(31)20(28(19)32)18-26-30(16-6-4-2)22-12-8-10-14-24(22)34-26/h7-14,17-18H,3-6,15-16H2,1-2H3/p+1. The number of thioether (sulfide) groups is 1. The quantitative estimate of drug-likeness (QED) is 0.273. The molecule has 3 aromatic rings. The molecule has 0 amide bonds. The van der Waals surface area contributed by atoms with Gasteiger partial charge < -0.3 is 10.0 Å². The van der Waals surface area contributed by atoms with Crippen molar-refractivity contribution in [2.75, 3.05) is 11.4 Å². The van der Waals surface area contributed by atoms with Crippen molar-refractivity contribution in [1.82, 2.24) is 0 Å². The Balaban J connectivity index is 1.48. The largest absolute Gasteiger partial charge is 0.506 e. The summed E-state index contributed by atoms with van der Waals surface area (Å²) >= 11 is 3.33. The fourth-order valence-electron chi connectivity index (χ4n) is 4.37. The van der Waals surface area contributed by atoms with Crippen LogP contribution in [0.1, 0.15) is 44.5 Å². The first-order chi connectivity index (χ1) is 16.6. The van der Waals surface area contributed by atoms with Crippen LogP contribution in [-0.2, 0) is 11.3 Å². The zero-order chi connectivity index (χ0) is 23.7. The molecule has 1 aliphatic heterocycles. The molecule has 2 heterocycles. The van der Waals surface area contributed by atoms with Crippen LogP contribution in [0.25, 0.3) is 16.3 Å². The molecule has 6 heteroatoms. The normalized spacial score (nSPS) is 17.8. The Morgan fingerprint density at radius 3 is 2.56 bits per heavy atom. The molecule has 0 bridgehead atoms. The molecule has 174 valence electrons. The minimum atomic E-state index is -0.0866. The number of hydrogen-bond acceptors (Lipinski definition) is 5. The summed E-state index contributed by atoms with van der Waals surface area (Å²) in [7, 11) is 0. The number of Topliss-reactive ketones (excluding diaryl/α,β-unsaturated/α-hetero) is 1. The molecule has 1 aliphatic carbocycles. The number of rotatable bonds is 8. The third-order valence-electron chi connectivity index (χ3n) is 6.28. The summed E-state index contributed by atoms with van der Waals surface area (Å²) in [6.45, 7) is 6.16. The molecule has 5 rings (SSSR count). The van der Waals surface area contributed by atoms with Gasteiger partial charge in [-0.25, -0.2) is 0 Å². The van der Waals surface area contributed by atoms with Crippen LogP contribution in [0.15, 0.2) is 81.4 Å². The first kappa shape index (κ1) is 22.9. The minimum Gasteiger partial charge on any atom is -0.506 e. The van der Waals surface area contributed by atoms with Crippen molar-refractivity contribution >= 4 is 50.9 Å². The van der Waals surface area contributed by atoms with Gasteiger partial charge in [-0.3, -0.25) is 4.79 Å². The number of benzene rings is 2. The highest BCUT2D eigenvalue weighted by Gasteiger charge is 2.36. The number of allylic oxidation sites excluding steroid dienone is 3. The van der Waals surface area contributed by atoms with Crippen molar-refractivity contribution in [3.63, 3.8) is 0 Å². The fraction of sp³-hybridized carbons (Fsp3) is 0.286. The van der Waals surface area contributed by atoms with Gasteiger partial charge in [-0.1, -0.05) is 74.1 Å². The van der Waals surface area contributed by atoms with Crippen LogP contribution in [0, 0.1) is 0 Å². The van der Waals surface area contributed by atoms with Crippen LogP contribution in [0.2, 0.25) is 0 Å². The number of ketones is 1. The van der Waals surface area contributed by atoms with Crippen molar-refractivity contribution < 1.29 is 14.5 Å². The maximum absolute atomic E-state index is 13.1. The number of fused-ring (bicyclic) bond motifs is 2. The Hall–Kier alpha value is -2.83. The number of aliphatic hydroxyl groups is 1. The van der Waals surface area contributed by atoms with Gasteiger partial charge in [-0.15, -0.1) is 0 Å². The third kappa shape index (κ3) is 4.10. The zero-order valence-electron chi connectivity index (χ0n) is 19.6. The second-order valence-electron chi connectivity index (χ2n) is 8.62. The molecule has 2 aliphatic rings. The highest BCUT2D eigenvalue weighted by atomic mass is 32.2.